The first-order valence-electron chi connectivity index (χ1n) is 3.96. The highest BCUT2D eigenvalue weighted by Crippen LogP contribution is 2.30. The van der Waals surface area contributed by atoms with Crippen molar-refractivity contribution in [1.82, 2.24) is 0 Å². The lowest BCUT2D eigenvalue weighted by Crippen LogP contribution is -2.33. The summed E-state index contributed by atoms with van der Waals surface area (Å²) in [7, 11) is -2.98. The molecule has 1 aliphatic rings. The first-order chi connectivity index (χ1) is 5.97. The average Bonchev–Trinajstić information content (AvgIpc) is 2.33. The van der Waals surface area contributed by atoms with Gasteiger partial charge in [-0.3, -0.25) is 0 Å². The van der Waals surface area contributed by atoms with Gasteiger partial charge in [-0.2, -0.15) is 8.42 Å². The molecule has 13 heavy (non-hydrogen) atoms. The average molecular weight is 212 g/mol. The molecule has 0 aromatic rings. The Balaban J connectivity index is 2.67. The van der Waals surface area contributed by atoms with E-state index in [1.807, 2.05) is 0 Å². The van der Waals surface area contributed by atoms with Crippen molar-refractivity contribution >= 4 is 10.2 Å². The van der Waals surface area contributed by atoms with E-state index in [9.17, 15) is 12.3 Å². The minimum atomic E-state index is -4.45. The van der Waals surface area contributed by atoms with E-state index < -0.39 is 21.4 Å². The summed E-state index contributed by atoms with van der Waals surface area (Å²) in [5.41, 5.74) is -0.678. The molecule has 0 bridgehead atoms. The molecule has 0 aliphatic carbocycles. The molecule has 0 aromatic heterocycles. The van der Waals surface area contributed by atoms with Crippen molar-refractivity contribution in [2.24, 2.45) is 5.41 Å². The molecule has 1 saturated heterocycles. The number of methoxy groups -OCH3 is 1. The maximum atomic E-state index is 12.5. The molecule has 0 aromatic carbocycles. The third-order valence-corrected chi connectivity index (χ3v) is 3.07. The van der Waals surface area contributed by atoms with Gasteiger partial charge in [-0.05, 0) is 6.42 Å². The number of ether oxygens (including phenoxy) is 2. The molecular weight excluding hydrogens is 199 g/mol. The number of hydrogen-bond donors (Lipinski definition) is 0. The van der Waals surface area contributed by atoms with Crippen LogP contribution >= 0.6 is 0 Å². The monoisotopic (exact) mass is 212 g/mol. The van der Waals surface area contributed by atoms with Crippen molar-refractivity contribution in [3.8, 4) is 0 Å². The smallest absolute Gasteiger partial charge is 0.303 e. The Labute approximate surface area is 77.2 Å². The van der Waals surface area contributed by atoms with Gasteiger partial charge in [0.1, 0.15) is 0 Å². The number of rotatable bonds is 4. The molecule has 0 radical (unpaired) electrons. The van der Waals surface area contributed by atoms with Crippen LogP contribution in [0.1, 0.15) is 6.42 Å². The van der Waals surface area contributed by atoms with Gasteiger partial charge in [-0.25, -0.2) is 0 Å². The molecule has 0 spiro atoms. The number of halogens is 1. The van der Waals surface area contributed by atoms with Crippen LogP contribution in [0.3, 0.4) is 0 Å². The zero-order valence-electron chi connectivity index (χ0n) is 7.45. The maximum absolute atomic E-state index is 12.5. The topological polar surface area (TPSA) is 52.6 Å². The fourth-order valence-corrected chi connectivity index (χ4v) is 2.63. The molecular formula is C7H13FO4S. The normalized spacial score (nSPS) is 29.4. The van der Waals surface area contributed by atoms with Crippen LogP contribution < -0.4 is 0 Å². The highest BCUT2D eigenvalue weighted by Gasteiger charge is 2.39. The van der Waals surface area contributed by atoms with Crippen molar-refractivity contribution in [3.05, 3.63) is 0 Å². The predicted octanol–water partition coefficient (Wildman–Crippen LogP) is 0.339. The Hall–Kier alpha value is -0.200. The lowest BCUT2D eigenvalue weighted by atomic mass is 9.91. The van der Waals surface area contributed by atoms with Crippen LogP contribution in [-0.4, -0.2) is 41.1 Å². The summed E-state index contributed by atoms with van der Waals surface area (Å²) >= 11 is 0. The summed E-state index contributed by atoms with van der Waals surface area (Å²) < 4.78 is 43.4. The Morgan fingerprint density at radius 2 is 2.31 bits per heavy atom. The zero-order valence-corrected chi connectivity index (χ0v) is 8.27. The molecule has 0 N–H and O–H groups in total. The van der Waals surface area contributed by atoms with Crippen LogP contribution in [0.5, 0.6) is 0 Å². The summed E-state index contributed by atoms with van der Waals surface area (Å²) in [5, 5.41) is 0. The van der Waals surface area contributed by atoms with E-state index in [0.717, 1.165) is 0 Å². The minimum Gasteiger partial charge on any atom is -0.384 e. The van der Waals surface area contributed by atoms with Gasteiger partial charge in [0.25, 0.3) is 0 Å². The summed E-state index contributed by atoms with van der Waals surface area (Å²) in [6.07, 6.45) is 0.532. The molecule has 1 heterocycles. The standard InChI is InChI=1S/C7H13FO4S/c1-11-4-7(2-3-12-5-7)6-13(8,9)10/h2-6H2,1H3. The lowest BCUT2D eigenvalue weighted by molar-refractivity contribution is 0.0762. The van der Waals surface area contributed by atoms with E-state index in [1.165, 1.54) is 7.11 Å². The molecule has 4 nitrogen and oxygen atoms in total. The Kier molecular flexibility index (Phi) is 3.26. The molecule has 1 unspecified atom stereocenters. The van der Waals surface area contributed by atoms with E-state index >= 15 is 0 Å². The van der Waals surface area contributed by atoms with Gasteiger partial charge in [0, 0.05) is 19.1 Å². The maximum Gasteiger partial charge on any atom is 0.303 e. The minimum absolute atomic E-state index is 0.218. The molecule has 0 amide bonds. The van der Waals surface area contributed by atoms with E-state index in [-0.39, 0.29) is 13.2 Å². The second-order valence-corrected chi connectivity index (χ2v) is 4.79. The Morgan fingerprint density at radius 1 is 1.62 bits per heavy atom. The van der Waals surface area contributed by atoms with Crippen LogP contribution in [0, 0.1) is 5.41 Å². The Bertz CT molecular complexity index is 256. The molecule has 1 rings (SSSR count). The molecule has 1 aliphatic heterocycles. The van der Waals surface area contributed by atoms with Gasteiger partial charge in [-0.15, -0.1) is 3.89 Å². The molecule has 1 atom stereocenters. The van der Waals surface area contributed by atoms with Crippen molar-refractivity contribution in [2.45, 2.75) is 6.42 Å². The van der Waals surface area contributed by atoms with E-state index in [1.54, 1.807) is 0 Å². The van der Waals surface area contributed by atoms with Crippen LogP contribution in [0.25, 0.3) is 0 Å². The van der Waals surface area contributed by atoms with Gasteiger partial charge in [0.2, 0.25) is 0 Å². The molecule has 6 heteroatoms. The first-order valence-corrected chi connectivity index (χ1v) is 5.52. The van der Waals surface area contributed by atoms with Crippen LogP contribution in [0.15, 0.2) is 0 Å². The summed E-state index contributed by atoms with van der Waals surface area (Å²) in [6, 6.07) is 0. The zero-order chi connectivity index (χ0) is 9.95. The number of hydrogen-bond acceptors (Lipinski definition) is 4. The second kappa shape index (κ2) is 3.89. The Morgan fingerprint density at radius 3 is 2.69 bits per heavy atom. The summed E-state index contributed by atoms with van der Waals surface area (Å²) in [4.78, 5) is 0. The van der Waals surface area contributed by atoms with Crippen molar-refractivity contribution in [3.63, 3.8) is 0 Å². The van der Waals surface area contributed by atoms with Crippen LogP contribution in [-0.2, 0) is 19.7 Å². The van der Waals surface area contributed by atoms with E-state index in [4.69, 9.17) is 9.47 Å². The predicted molar refractivity (Wildman–Crippen MR) is 44.6 cm³/mol. The van der Waals surface area contributed by atoms with Crippen molar-refractivity contribution < 1.29 is 21.8 Å². The van der Waals surface area contributed by atoms with Crippen molar-refractivity contribution in [2.75, 3.05) is 32.7 Å². The summed E-state index contributed by atoms with van der Waals surface area (Å²) in [5.74, 6) is -0.506. The van der Waals surface area contributed by atoms with Gasteiger partial charge in [0.15, 0.2) is 0 Å². The lowest BCUT2D eigenvalue weighted by Gasteiger charge is -2.23. The highest BCUT2D eigenvalue weighted by atomic mass is 32.3. The fraction of sp³-hybridized carbons (Fsp3) is 1.00. The molecule has 1 fully saturated rings. The van der Waals surface area contributed by atoms with Crippen molar-refractivity contribution in [1.29, 1.82) is 0 Å². The van der Waals surface area contributed by atoms with Gasteiger partial charge in [0.05, 0.1) is 19.0 Å². The van der Waals surface area contributed by atoms with Crippen LogP contribution in [0.4, 0.5) is 3.89 Å². The quantitative estimate of drug-likeness (QED) is 0.630. The van der Waals surface area contributed by atoms with Gasteiger partial charge >= 0.3 is 10.2 Å². The second-order valence-electron chi connectivity index (χ2n) is 3.42. The molecule has 78 valence electrons. The van der Waals surface area contributed by atoms with E-state index in [0.29, 0.717) is 13.0 Å². The van der Waals surface area contributed by atoms with Gasteiger partial charge < -0.3 is 9.47 Å². The third-order valence-electron chi connectivity index (χ3n) is 2.11. The summed E-state index contributed by atoms with van der Waals surface area (Å²) in [6.45, 7) is 0.943. The fourth-order valence-electron chi connectivity index (χ4n) is 1.59. The highest BCUT2D eigenvalue weighted by molar-refractivity contribution is 7.86. The van der Waals surface area contributed by atoms with E-state index in [2.05, 4.69) is 0 Å². The molecule has 0 saturated carbocycles. The SMILES string of the molecule is COCC1(CS(=O)(=O)F)CCOC1. The third kappa shape index (κ3) is 3.21. The first kappa shape index (κ1) is 10.9. The van der Waals surface area contributed by atoms with Crippen LogP contribution in [0.2, 0.25) is 0 Å². The van der Waals surface area contributed by atoms with Gasteiger partial charge in [-0.1, -0.05) is 0 Å². The largest absolute Gasteiger partial charge is 0.384 e.